The number of alkyl halides is 4. The Hall–Kier alpha value is -9.59. The molecule has 0 spiro atoms. The molecule has 4 aliphatic heterocycles. The number of hydrogen-bond acceptors (Lipinski definition) is 19. The van der Waals surface area contributed by atoms with Gasteiger partial charge in [-0.1, -0.05) is 18.2 Å². The first-order valence-electron chi connectivity index (χ1n) is 33.9. The van der Waals surface area contributed by atoms with Gasteiger partial charge in [-0.25, -0.2) is 52.3 Å². The molecule has 7 aliphatic carbocycles. The van der Waals surface area contributed by atoms with E-state index in [4.69, 9.17) is 32.0 Å². The molecule has 542 valence electrons. The Kier molecular flexibility index (Phi) is 19.3. The largest absolute Gasteiger partial charge is 0.481 e. The smallest absolute Gasteiger partial charge is 0.411 e. The van der Waals surface area contributed by atoms with Gasteiger partial charge in [0.2, 0.25) is 41.5 Å². The summed E-state index contributed by atoms with van der Waals surface area (Å²) >= 11 is 0. The highest BCUT2D eigenvalue weighted by molar-refractivity contribution is 5.88. The molecule has 11 aliphatic rings. The molecule has 28 nitrogen and oxygen atoms in total. The summed E-state index contributed by atoms with van der Waals surface area (Å²) in [6.07, 6.45) is 34.8. The second kappa shape index (κ2) is 27.3. The molecule has 6 saturated carbocycles. The molecule has 8 fully saturated rings. The number of fused-ring (bicyclic) bond motifs is 6. The summed E-state index contributed by atoms with van der Waals surface area (Å²) in [6, 6.07) is 5.55. The molecular weight excluding hydrogens is 1370 g/mol. The van der Waals surface area contributed by atoms with Gasteiger partial charge in [0.25, 0.3) is 11.8 Å². The number of carbonyl (C=O) groups is 6. The molecule has 6 unspecified atom stereocenters. The third-order valence-electron chi connectivity index (χ3n) is 20.8. The monoisotopic (exact) mass is 1450 g/mol. The number of allylic oxidation sites excluding steroid dienone is 2. The van der Waals surface area contributed by atoms with Crippen molar-refractivity contribution in [3.05, 3.63) is 109 Å². The van der Waals surface area contributed by atoms with Gasteiger partial charge in [-0.15, -0.1) is 24.8 Å². The van der Waals surface area contributed by atoms with E-state index in [-0.39, 0.29) is 73.3 Å². The van der Waals surface area contributed by atoms with Crippen LogP contribution in [0.25, 0.3) is 16.7 Å². The molecule has 6 bridgehead atoms. The Morgan fingerprint density at radius 1 is 0.539 bits per heavy atom. The summed E-state index contributed by atoms with van der Waals surface area (Å²) in [7, 11) is 0. The van der Waals surface area contributed by atoms with E-state index in [1.165, 1.54) is 24.8 Å². The maximum Gasteiger partial charge on any atom is 0.411 e. The van der Waals surface area contributed by atoms with E-state index in [2.05, 4.69) is 68.3 Å². The molecule has 17 rings (SSSR count). The number of nitrogens with zero attached hydrogens (tertiary/aromatic N) is 14. The van der Waals surface area contributed by atoms with Gasteiger partial charge in [0, 0.05) is 62.1 Å². The number of ether oxygens (including phenoxy) is 1. The summed E-state index contributed by atoms with van der Waals surface area (Å²) in [6.45, 7) is 5.65. The number of carboxylic acid groups (broad SMARTS) is 1. The van der Waals surface area contributed by atoms with Crippen molar-refractivity contribution in [1.29, 1.82) is 0 Å². The van der Waals surface area contributed by atoms with Crippen molar-refractivity contribution in [3.8, 4) is 0 Å². The standard InChI is InChI=1S/C23H29N7O3.C22H23F2N7O2.C19H22N6O.C4H4F2O2.2ClH/c1-22(2,3)33-21(32)30-16-4-5-17(30)11-14(10-16)18-6-9-25-20(28-18)27-15-12-26-29(13-15)23(7-8-23)19(24)31;23-22(24)9-16(22)18(32)31-14-1-2-15(31)8-12(7-14)17-3-6-26-20(29-17)28-13-10-27-30(11-13)21(4-5-21)19(25)33;20-17(26)19(4-5-19)25-11-15(10-22-25)23-18-21-6-3-16(24-18)14-8-12-1-2-13(7-12)9-14;5-4(6)1-2(4)3(7)8;;/h6,9-10,12-13,16-17H,4-5,7-8,11H2,1-3H3,(H2,24,31)(H,25,27,28);3,6-7,10-11,14-16H,1-2,4-5,8-9H2,(H2,25,33)(H,26,28,29);3,6,8,10-13H,1-2,4-5,7,9H2,(H2,20,26)(H,21,23,24);2H,1H2,(H,7,8);2*1H/t;14?,15?,16-;;2-;;/m.0.0../s1. The van der Waals surface area contributed by atoms with Gasteiger partial charge in [0.1, 0.15) is 34.1 Å². The molecule has 0 aromatic carbocycles. The van der Waals surface area contributed by atoms with Crippen LogP contribution >= 0.6 is 24.8 Å². The number of carboxylic acids is 1. The highest BCUT2D eigenvalue weighted by Crippen LogP contribution is 2.53. The van der Waals surface area contributed by atoms with Crippen LogP contribution in [0.3, 0.4) is 0 Å². The zero-order chi connectivity index (χ0) is 70.4. The van der Waals surface area contributed by atoms with Gasteiger partial charge >= 0.3 is 12.1 Å². The maximum absolute atomic E-state index is 13.4. The number of primary amides is 3. The number of halogens is 6. The van der Waals surface area contributed by atoms with Gasteiger partial charge in [0.15, 0.2) is 0 Å². The average Bonchev–Trinajstić information content (AvgIpc) is 1.62. The Labute approximate surface area is 595 Å². The van der Waals surface area contributed by atoms with Crippen molar-refractivity contribution in [3.63, 3.8) is 0 Å². The van der Waals surface area contributed by atoms with Crippen LogP contribution in [0.2, 0.25) is 0 Å². The molecule has 5 amide bonds. The third-order valence-corrected chi connectivity index (χ3v) is 20.8. The fraction of sp³-hybridized carbons (Fsp3) is 0.515. The van der Waals surface area contributed by atoms with Crippen molar-refractivity contribution in [1.82, 2.24) is 69.0 Å². The first kappa shape index (κ1) is 72.2. The number of rotatable bonds is 17. The summed E-state index contributed by atoms with van der Waals surface area (Å²) in [4.78, 5) is 101. The SMILES string of the molecule is CC(C)(C)OC(=O)N1C2C=C(c3ccnc(Nc4cnn(C5(C(N)=O)CC5)c4)n3)CC1CC2.Cl.Cl.NC(=O)C1(n2cc(Nc3nccc(C4=CC5CCC(C4)C5)n3)cn2)CC1.NC(=O)C1(n2cc(Nc3nccc(C4=CC5CCC(C4)N5C(=O)[C@@H]4CC4(F)F)n3)cn2)CC1.O=C(O)[C@@H]1CC1(F)F. The van der Waals surface area contributed by atoms with Crippen LogP contribution in [0.4, 0.5) is 57.3 Å². The van der Waals surface area contributed by atoms with Crippen molar-refractivity contribution in [2.45, 2.75) is 195 Å². The molecule has 6 aromatic rings. The number of aliphatic carboxylic acids is 1. The molecule has 10 N–H and O–H groups in total. The molecule has 8 atom stereocenters. The minimum atomic E-state index is -2.91. The molecule has 2 saturated heterocycles. The van der Waals surface area contributed by atoms with E-state index in [0.717, 1.165) is 97.1 Å². The number of anilines is 6. The van der Waals surface area contributed by atoms with Crippen LogP contribution in [-0.2, 0) is 45.3 Å². The Morgan fingerprint density at radius 2 is 0.922 bits per heavy atom. The first-order chi connectivity index (χ1) is 47.6. The Balaban J connectivity index is 0.000000136. The summed E-state index contributed by atoms with van der Waals surface area (Å²) in [5.74, 6) is -8.33. The van der Waals surface area contributed by atoms with Crippen molar-refractivity contribution in [2.24, 2.45) is 40.9 Å². The van der Waals surface area contributed by atoms with E-state index in [9.17, 15) is 46.3 Å². The van der Waals surface area contributed by atoms with E-state index in [0.29, 0.717) is 61.3 Å². The fourth-order valence-corrected chi connectivity index (χ4v) is 14.6. The number of nitrogens with two attached hydrogens (primary N) is 3. The molecule has 102 heavy (non-hydrogen) atoms. The van der Waals surface area contributed by atoms with Crippen LogP contribution in [0.5, 0.6) is 0 Å². The van der Waals surface area contributed by atoms with Crippen LogP contribution < -0.4 is 33.2 Å². The average molecular weight is 1450 g/mol. The van der Waals surface area contributed by atoms with Crippen LogP contribution in [0.15, 0.2) is 92.2 Å². The molecule has 0 radical (unpaired) electrons. The topological polar surface area (TPSA) is 383 Å². The van der Waals surface area contributed by atoms with E-state index >= 15 is 0 Å². The normalized spacial score (nSPS) is 25.7. The molecule has 6 aromatic heterocycles. The van der Waals surface area contributed by atoms with Gasteiger partial charge in [0.05, 0.1) is 64.8 Å². The van der Waals surface area contributed by atoms with Gasteiger partial charge in [-0.2, -0.15) is 15.3 Å². The highest BCUT2D eigenvalue weighted by atomic mass is 35.5. The summed E-state index contributed by atoms with van der Waals surface area (Å²) in [5.41, 5.74) is 22.0. The number of hydrogen-bond donors (Lipinski definition) is 7. The highest BCUT2D eigenvalue weighted by Gasteiger charge is 2.64. The van der Waals surface area contributed by atoms with E-state index in [1.807, 2.05) is 43.9 Å². The molecule has 34 heteroatoms. The minimum absolute atomic E-state index is 0. The van der Waals surface area contributed by atoms with Gasteiger partial charge < -0.3 is 47.9 Å². The number of aromatic nitrogens is 12. The zero-order valence-corrected chi connectivity index (χ0v) is 57.8. The fourth-order valence-electron chi connectivity index (χ4n) is 14.6. The molecular formula is C68H80Cl2F4N20O8. The predicted molar refractivity (Wildman–Crippen MR) is 367 cm³/mol. The lowest BCUT2D eigenvalue weighted by Crippen LogP contribution is -2.45. The number of carbonyl (C=O) groups excluding carboxylic acids is 5. The summed E-state index contributed by atoms with van der Waals surface area (Å²) < 4.78 is 60.7. The Bertz CT molecular complexity index is 4350. The third kappa shape index (κ3) is 14.9. The maximum atomic E-state index is 13.4. The van der Waals surface area contributed by atoms with Crippen LogP contribution in [0.1, 0.15) is 153 Å². The number of amides is 5. The van der Waals surface area contributed by atoms with Gasteiger partial charge in [-0.05, 0) is 170 Å². The second-order valence-corrected chi connectivity index (χ2v) is 29.1. The minimum Gasteiger partial charge on any atom is -0.481 e. The van der Waals surface area contributed by atoms with Crippen molar-refractivity contribution < 1.29 is 56.2 Å². The zero-order valence-electron chi connectivity index (χ0n) is 56.1. The van der Waals surface area contributed by atoms with E-state index < -0.39 is 70.1 Å². The predicted octanol–water partition coefficient (Wildman–Crippen LogP) is 9.30. The lowest BCUT2D eigenvalue weighted by Gasteiger charge is -2.35. The molecule has 10 heterocycles. The quantitative estimate of drug-likeness (QED) is 0.0418. The van der Waals surface area contributed by atoms with Crippen LogP contribution in [0, 0.1) is 23.7 Å². The van der Waals surface area contributed by atoms with E-state index in [1.54, 1.807) is 80.8 Å². The second-order valence-electron chi connectivity index (χ2n) is 29.1. The first-order valence-corrected chi connectivity index (χ1v) is 33.9. The van der Waals surface area contributed by atoms with Crippen molar-refractivity contribution in [2.75, 3.05) is 16.0 Å². The Morgan fingerprint density at radius 3 is 1.25 bits per heavy atom. The lowest BCUT2D eigenvalue weighted by atomic mass is 9.88. The van der Waals surface area contributed by atoms with Crippen molar-refractivity contribution >= 4 is 112 Å². The van der Waals surface area contributed by atoms with Gasteiger partial charge in [-0.3, -0.25) is 42.9 Å². The number of nitrogens with one attached hydrogen (secondary N) is 3. The summed E-state index contributed by atoms with van der Waals surface area (Å²) in [5, 5.41) is 30.2. The lowest BCUT2D eigenvalue weighted by molar-refractivity contribution is -0.141. The van der Waals surface area contributed by atoms with Crippen LogP contribution in [-0.4, -0.2) is 151 Å².